The van der Waals surface area contributed by atoms with Gasteiger partial charge in [-0.05, 0) is 34.2 Å². The lowest BCUT2D eigenvalue weighted by molar-refractivity contribution is 0.771. The minimum atomic E-state index is 0.632. The Bertz CT molecular complexity index is 726. The van der Waals surface area contributed by atoms with Gasteiger partial charge < -0.3 is 4.90 Å². The summed E-state index contributed by atoms with van der Waals surface area (Å²) in [5.74, 6) is 0.668. The van der Waals surface area contributed by atoms with Crippen molar-refractivity contribution in [3.05, 3.63) is 65.2 Å². The molecule has 0 aliphatic rings. The number of hydrogen-bond donors (Lipinski definition) is 0. The summed E-state index contributed by atoms with van der Waals surface area (Å²) < 4.78 is 1.71. The minimum absolute atomic E-state index is 0.632. The molecule has 2 aromatic carbocycles. The van der Waals surface area contributed by atoms with Crippen LogP contribution >= 0.6 is 11.6 Å². The summed E-state index contributed by atoms with van der Waals surface area (Å²) in [6, 6.07) is 17.5. The normalized spacial score (nSPS) is 10.6. The number of halogens is 1. The maximum Gasteiger partial charge on any atom is 0.250 e. The molecule has 0 bridgehead atoms. The fourth-order valence-corrected chi connectivity index (χ4v) is 2.31. The van der Waals surface area contributed by atoms with Gasteiger partial charge in [-0.15, -0.1) is 0 Å². The summed E-state index contributed by atoms with van der Waals surface area (Å²) in [5, 5.41) is 12.7. The van der Waals surface area contributed by atoms with Crippen LogP contribution in [-0.2, 0) is 6.54 Å². The number of para-hydroxylation sites is 1. The van der Waals surface area contributed by atoms with Gasteiger partial charge in [-0.3, -0.25) is 0 Å². The Balaban J connectivity index is 1.88. The van der Waals surface area contributed by atoms with E-state index >= 15 is 0 Å². The van der Waals surface area contributed by atoms with Crippen molar-refractivity contribution in [3.63, 3.8) is 0 Å². The molecule has 1 heterocycles. The molecule has 106 valence electrons. The molecule has 3 rings (SSSR count). The third-order valence-electron chi connectivity index (χ3n) is 3.16. The van der Waals surface area contributed by atoms with Gasteiger partial charge in [-0.25, -0.2) is 0 Å². The van der Waals surface area contributed by atoms with Gasteiger partial charge in [-0.1, -0.05) is 53.1 Å². The zero-order valence-electron chi connectivity index (χ0n) is 11.5. The maximum absolute atomic E-state index is 6.20. The summed E-state index contributed by atoms with van der Waals surface area (Å²) in [6.45, 7) is 0.632. The first-order valence-corrected chi connectivity index (χ1v) is 6.92. The Kier molecular flexibility index (Phi) is 3.83. The van der Waals surface area contributed by atoms with Gasteiger partial charge in [0.2, 0.25) is 5.95 Å². The molecule has 0 radical (unpaired) electrons. The van der Waals surface area contributed by atoms with Gasteiger partial charge in [0.05, 0.1) is 5.69 Å². The molecule has 0 aliphatic carbocycles. The van der Waals surface area contributed by atoms with E-state index in [1.54, 1.807) is 4.68 Å². The molecule has 0 fully saturated rings. The van der Waals surface area contributed by atoms with E-state index < -0.39 is 0 Å². The van der Waals surface area contributed by atoms with Crippen LogP contribution in [0.3, 0.4) is 0 Å². The van der Waals surface area contributed by atoms with Crippen LogP contribution in [-0.4, -0.2) is 27.3 Å². The predicted molar refractivity (Wildman–Crippen MR) is 82.7 cm³/mol. The van der Waals surface area contributed by atoms with Crippen molar-refractivity contribution in [2.24, 2.45) is 0 Å². The van der Waals surface area contributed by atoms with Crippen molar-refractivity contribution in [3.8, 4) is 5.69 Å². The maximum atomic E-state index is 6.20. The molecule has 0 amide bonds. The highest BCUT2D eigenvalue weighted by Gasteiger charge is 2.13. The van der Waals surface area contributed by atoms with E-state index in [9.17, 15) is 0 Å². The van der Waals surface area contributed by atoms with Crippen LogP contribution in [0.15, 0.2) is 54.6 Å². The lowest BCUT2D eigenvalue weighted by atomic mass is 10.2. The average Bonchev–Trinajstić information content (AvgIpc) is 3.00. The van der Waals surface area contributed by atoms with Crippen molar-refractivity contribution in [1.82, 2.24) is 20.2 Å². The number of aromatic nitrogens is 4. The van der Waals surface area contributed by atoms with E-state index in [1.165, 1.54) is 0 Å². The fourth-order valence-electron chi connectivity index (χ4n) is 2.11. The lowest BCUT2D eigenvalue weighted by Crippen LogP contribution is -2.21. The third kappa shape index (κ3) is 2.87. The number of anilines is 1. The summed E-state index contributed by atoms with van der Waals surface area (Å²) in [7, 11) is 1.94. The predicted octanol–water partition coefficient (Wildman–Crippen LogP) is 2.95. The molecule has 5 nitrogen and oxygen atoms in total. The highest BCUT2D eigenvalue weighted by molar-refractivity contribution is 6.31. The topological polar surface area (TPSA) is 46.8 Å². The first-order chi connectivity index (χ1) is 10.3. The van der Waals surface area contributed by atoms with E-state index in [-0.39, 0.29) is 0 Å². The highest BCUT2D eigenvalue weighted by atomic mass is 35.5. The van der Waals surface area contributed by atoms with Crippen LogP contribution in [0.1, 0.15) is 5.56 Å². The van der Waals surface area contributed by atoms with Crippen LogP contribution in [0.25, 0.3) is 5.69 Å². The second kappa shape index (κ2) is 5.93. The smallest absolute Gasteiger partial charge is 0.250 e. The molecule has 21 heavy (non-hydrogen) atoms. The van der Waals surface area contributed by atoms with E-state index in [0.717, 1.165) is 16.3 Å². The number of rotatable bonds is 4. The Hall–Kier alpha value is -2.40. The zero-order valence-corrected chi connectivity index (χ0v) is 12.3. The molecule has 0 unspecified atom stereocenters. The fraction of sp³-hybridized carbons (Fsp3) is 0.133. The number of hydrogen-bond acceptors (Lipinski definition) is 4. The molecule has 0 N–H and O–H groups in total. The first-order valence-electron chi connectivity index (χ1n) is 6.54. The van der Waals surface area contributed by atoms with Crippen molar-refractivity contribution in [2.45, 2.75) is 6.54 Å². The van der Waals surface area contributed by atoms with Crippen LogP contribution < -0.4 is 4.90 Å². The van der Waals surface area contributed by atoms with E-state index in [4.69, 9.17) is 11.6 Å². The van der Waals surface area contributed by atoms with E-state index in [0.29, 0.717) is 12.5 Å². The molecule has 1 aromatic heterocycles. The molecule has 0 saturated carbocycles. The van der Waals surface area contributed by atoms with Crippen molar-refractivity contribution in [2.75, 3.05) is 11.9 Å². The summed E-state index contributed by atoms with van der Waals surface area (Å²) in [5.41, 5.74) is 1.95. The Morgan fingerprint density at radius 2 is 1.76 bits per heavy atom. The monoisotopic (exact) mass is 299 g/mol. The second-order valence-electron chi connectivity index (χ2n) is 4.67. The molecule has 6 heteroatoms. The zero-order chi connectivity index (χ0) is 14.7. The van der Waals surface area contributed by atoms with Gasteiger partial charge in [-0.2, -0.15) is 4.68 Å². The van der Waals surface area contributed by atoms with Gasteiger partial charge in [0.15, 0.2) is 0 Å². The first kappa shape index (κ1) is 13.6. The van der Waals surface area contributed by atoms with Crippen LogP contribution in [0.5, 0.6) is 0 Å². The van der Waals surface area contributed by atoms with Gasteiger partial charge in [0, 0.05) is 18.6 Å². The highest BCUT2D eigenvalue weighted by Crippen LogP contribution is 2.20. The standard InChI is InChI=1S/C15H14ClN5/c1-20(11-12-7-5-6-10-14(12)16)15-17-18-19-21(15)13-8-3-2-4-9-13/h2-10H,11H2,1H3. The van der Waals surface area contributed by atoms with Crippen LogP contribution in [0, 0.1) is 0 Å². The van der Waals surface area contributed by atoms with E-state index in [1.807, 2.05) is 66.5 Å². The molecule has 0 aliphatic heterocycles. The van der Waals surface area contributed by atoms with Crippen molar-refractivity contribution >= 4 is 17.5 Å². The number of nitrogens with zero attached hydrogens (tertiary/aromatic N) is 5. The van der Waals surface area contributed by atoms with Gasteiger partial charge in [0.25, 0.3) is 0 Å². The van der Waals surface area contributed by atoms with Crippen molar-refractivity contribution in [1.29, 1.82) is 0 Å². The molecular formula is C15H14ClN5. The SMILES string of the molecule is CN(Cc1ccccc1Cl)c1nnnn1-c1ccccc1. The quantitative estimate of drug-likeness (QED) is 0.743. The number of benzene rings is 2. The summed E-state index contributed by atoms with van der Waals surface area (Å²) >= 11 is 6.20. The second-order valence-corrected chi connectivity index (χ2v) is 5.08. The summed E-state index contributed by atoms with van der Waals surface area (Å²) in [6.07, 6.45) is 0. The average molecular weight is 300 g/mol. The Morgan fingerprint density at radius 1 is 1.05 bits per heavy atom. The van der Waals surface area contributed by atoms with Crippen molar-refractivity contribution < 1.29 is 0 Å². The largest absolute Gasteiger partial charge is 0.338 e. The molecule has 3 aromatic rings. The van der Waals surface area contributed by atoms with E-state index in [2.05, 4.69) is 15.5 Å². The molecule has 0 spiro atoms. The molecular weight excluding hydrogens is 286 g/mol. The lowest BCUT2D eigenvalue weighted by Gasteiger charge is -2.18. The van der Waals surface area contributed by atoms with Gasteiger partial charge in [0.1, 0.15) is 0 Å². The minimum Gasteiger partial charge on any atom is -0.338 e. The van der Waals surface area contributed by atoms with Crippen LogP contribution in [0.2, 0.25) is 5.02 Å². The van der Waals surface area contributed by atoms with Crippen LogP contribution in [0.4, 0.5) is 5.95 Å². The third-order valence-corrected chi connectivity index (χ3v) is 3.53. The Labute approximate surface area is 127 Å². The Morgan fingerprint density at radius 3 is 2.52 bits per heavy atom. The number of tetrazole rings is 1. The van der Waals surface area contributed by atoms with Gasteiger partial charge >= 0.3 is 0 Å². The molecule has 0 atom stereocenters. The summed E-state index contributed by atoms with van der Waals surface area (Å²) in [4.78, 5) is 1.97. The molecule has 0 saturated heterocycles.